The second-order valence-electron chi connectivity index (χ2n) is 3.12. The van der Waals surface area contributed by atoms with E-state index in [0.29, 0.717) is 0 Å². The molecule has 0 aliphatic heterocycles. The quantitative estimate of drug-likeness (QED) is 0.238. The van der Waals surface area contributed by atoms with Crippen LogP contribution in [0, 0.1) is 0 Å². The van der Waals surface area contributed by atoms with E-state index in [4.69, 9.17) is 0 Å². The van der Waals surface area contributed by atoms with E-state index in [1.165, 1.54) is 6.08 Å². The number of ether oxygens (including phenoxy) is 2. The van der Waals surface area contributed by atoms with Crippen LogP contribution in [-0.4, -0.2) is 34.0 Å². The Morgan fingerprint density at radius 1 is 0.842 bits per heavy atom. The van der Waals surface area contributed by atoms with Gasteiger partial charge in [-0.05, 0) is 12.2 Å². The van der Waals surface area contributed by atoms with E-state index in [1.807, 2.05) is 0 Å². The molecular formula is C8H7Br3F6O2. The summed E-state index contributed by atoms with van der Waals surface area (Å²) in [6.07, 6.45) is -9.04. The van der Waals surface area contributed by atoms with Crippen LogP contribution in [0.25, 0.3) is 0 Å². The Balaban J connectivity index is 4.52. The Bertz CT molecular complexity index is 278. The van der Waals surface area contributed by atoms with Gasteiger partial charge in [0.1, 0.15) is 13.2 Å². The molecule has 0 rings (SSSR count). The van der Waals surface area contributed by atoms with Crippen molar-refractivity contribution in [1.29, 1.82) is 0 Å². The summed E-state index contributed by atoms with van der Waals surface area (Å²) in [5, 5.41) is 0. The molecular weight excluding hydrogens is 482 g/mol. The van der Waals surface area contributed by atoms with Crippen molar-refractivity contribution in [3.8, 4) is 0 Å². The predicted molar refractivity (Wildman–Crippen MR) is 66.5 cm³/mol. The molecule has 0 spiro atoms. The summed E-state index contributed by atoms with van der Waals surface area (Å²) < 4.78 is 78.9. The molecule has 0 amide bonds. The van der Waals surface area contributed by atoms with Crippen LogP contribution >= 0.6 is 47.8 Å². The Morgan fingerprint density at radius 3 is 1.47 bits per heavy atom. The first-order valence-electron chi connectivity index (χ1n) is 4.41. The maximum absolute atomic E-state index is 11.9. The Kier molecular flexibility index (Phi) is 7.89. The molecule has 0 N–H and O–H groups in total. The Labute approximate surface area is 129 Å². The van der Waals surface area contributed by atoms with Crippen LogP contribution in [0.1, 0.15) is 0 Å². The largest absolute Gasteiger partial charge is 0.411 e. The van der Waals surface area contributed by atoms with Gasteiger partial charge >= 0.3 is 12.4 Å². The molecule has 2 nitrogen and oxygen atoms in total. The van der Waals surface area contributed by atoms with Gasteiger partial charge in [-0.25, -0.2) is 0 Å². The molecule has 0 bridgehead atoms. The van der Waals surface area contributed by atoms with Gasteiger partial charge in [0.2, 0.25) is 0 Å². The van der Waals surface area contributed by atoms with Gasteiger partial charge in [-0.15, -0.1) is 0 Å². The average molecular weight is 489 g/mol. The molecule has 0 radical (unpaired) electrons. The molecule has 0 unspecified atom stereocenters. The van der Waals surface area contributed by atoms with Crippen molar-refractivity contribution >= 4 is 47.8 Å². The molecule has 0 aromatic rings. The third-order valence-electron chi connectivity index (χ3n) is 1.26. The molecule has 0 fully saturated rings. The van der Waals surface area contributed by atoms with E-state index in [1.54, 1.807) is 0 Å². The van der Waals surface area contributed by atoms with Gasteiger partial charge in [-0.2, -0.15) is 26.3 Å². The summed E-state index contributed by atoms with van der Waals surface area (Å²) in [4.78, 5) is 0. The Morgan fingerprint density at radius 2 is 1.21 bits per heavy atom. The second kappa shape index (κ2) is 7.62. The zero-order valence-corrected chi connectivity index (χ0v) is 13.6. The highest BCUT2D eigenvalue weighted by Crippen LogP contribution is 2.35. The molecule has 0 saturated carbocycles. The van der Waals surface area contributed by atoms with Crippen molar-refractivity contribution in [3.63, 3.8) is 0 Å². The van der Waals surface area contributed by atoms with Crippen LogP contribution < -0.4 is 0 Å². The maximum Gasteiger partial charge on any atom is 0.411 e. The van der Waals surface area contributed by atoms with Crippen LogP contribution in [0.15, 0.2) is 12.2 Å². The summed E-state index contributed by atoms with van der Waals surface area (Å²) in [6.45, 7) is -3.44. The summed E-state index contributed by atoms with van der Waals surface area (Å²) in [5.74, 6) is 0. The van der Waals surface area contributed by atoms with Crippen molar-refractivity contribution in [3.05, 3.63) is 12.2 Å². The number of hydrogen-bond acceptors (Lipinski definition) is 2. The van der Waals surface area contributed by atoms with Crippen LogP contribution in [0.3, 0.4) is 0 Å². The number of hydrogen-bond donors (Lipinski definition) is 0. The van der Waals surface area contributed by atoms with Gasteiger partial charge in [0.05, 0.1) is 0 Å². The fourth-order valence-corrected chi connectivity index (χ4v) is 1.16. The monoisotopic (exact) mass is 486 g/mol. The lowest BCUT2D eigenvalue weighted by molar-refractivity contribution is -0.246. The van der Waals surface area contributed by atoms with Crippen molar-refractivity contribution in [2.75, 3.05) is 13.2 Å². The fraction of sp³-hybridized carbons (Fsp3) is 0.750. The van der Waals surface area contributed by atoms with Crippen LogP contribution in [0.5, 0.6) is 0 Å². The highest BCUT2D eigenvalue weighted by atomic mass is 80.0. The van der Waals surface area contributed by atoms with Gasteiger partial charge in [-0.3, -0.25) is 0 Å². The van der Waals surface area contributed by atoms with Crippen molar-refractivity contribution in [1.82, 2.24) is 0 Å². The molecule has 0 aliphatic rings. The van der Waals surface area contributed by atoms with Gasteiger partial charge in [0.15, 0.2) is 8.43 Å². The first-order chi connectivity index (χ1) is 8.29. The average Bonchev–Trinajstić information content (AvgIpc) is 2.11. The molecule has 0 aliphatic carbocycles. The van der Waals surface area contributed by atoms with E-state index >= 15 is 0 Å². The van der Waals surface area contributed by atoms with Gasteiger partial charge in [0, 0.05) is 0 Å². The van der Waals surface area contributed by atoms with E-state index in [9.17, 15) is 26.3 Å². The summed E-state index contributed by atoms with van der Waals surface area (Å²) >= 11 is 8.94. The standard InChI is InChI=1S/C8H7Br3F6O2/c9-6(10,11)2-1-5(18-3-7(12,13)14)19-4-8(15,16)17/h1-2,5H,3-4H2/b2-1+. The third kappa shape index (κ3) is 14.9. The van der Waals surface area contributed by atoms with E-state index < -0.39 is 34.0 Å². The molecule has 0 aromatic carbocycles. The van der Waals surface area contributed by atoms with Crippen molar-refractivity contribution < 1.29 is 35.8 Å². The van der Waals surface area contributed by atoms with Gasteiger partial charge in [0.25, 0.3) is 0 Å². The smallest absolute Gasteiger partial charge is 0.340 e. The SMILES string of the molecule is FC(F)(F)COC(/C=C/C(Br)(Br)Br)OCC(F)(F)F. The van der Waals surface area contributed by atoms with Crippen molar-refractivity contribution in [2.45, 2.75) is 20.8 Å². The third-order valence-corrected chi connectivity index (χ3v) is 2.06. The normalized spacial score (nSPS) is 14.6. The van der Waals surface area contributed by atoms with E-state index in [-0.39, 0.29) is 0 Å². The molecule has 0 aromatic heterocycles. The zero-order chi connectivity index (χ0) is 15.3. The minimum atomic E-state index is -4.66. The summed E-state index contributed by atoms with van der Waals surface area (Å²) in [7, 11) is 0. The first-order valence-corrected chi connectivity index (χ1v) is 6.79. The summed E-state index contributed by atoms with van der Waals surface area (Å²) in [5.41, 5.74) is 0. The molecule has 0 saturated heterocycles. The summed E-state index contributed by atoms with van der Waals surface area (Å²) in [6, 6.07) is 0. The minimum absolute atomic E-state index is 0.899. The zero-order valence-electron chi connectivity index (χ0n) is 8.86. The fourth-order valence-electron chi connectivity index (χ4n) is 0.700. The van der Waals surface area contributed by atoms with E-state index in [2.05, 4.69) is 57.3 Å². The minimum Gasteiger partial charge on any atom is -0.340 e. The predicted octanol–water partition coefficient (Wildman–Crippen LogP) is 4.87. The number of rotatable bonds is 5. The molecule has 19 heavy (non-hydrogen) atoms. The maximum atomic E-state index is 11.9. The first kappa shape index (κ1) is 19.7. The lowest BCUT2D eigenvalue weighted by Crippen LogP contribution is -2.28. The van der Waals surface area contributed by atoms with Crippen LogP contribution in [0.2, 0.25) is 0 Å². The molecule has 11 heteroatoms. The lowest BCUT2D eigenvalue weighted by atomic mass is 10.5. The van der Waals surface area contributed by atoms with Crippen LogP contribution in [0.4, 0.5) is 26.3 Å². The van der Waals surface area contributed by atoms with Crippen LogP contribution in [-0.2, 0) is 9.47 Å². The van der Waals surface area contributed by atoms with Gasteiger partial charge in [-0.1, -0.05) is 47.8 Å². The highest BCUT2D eigenvalue weighted by molar-refractivity contribution is 9.39. The molecule has 0 atom stereocenters. The lowest BCUT2D eigenvalue weighted by Gasteiger charge is -2.18. The van der Waals surface area contributed by atoms with E-state index in [0.717, 1.165) is 6.08 Å². The second-order valence-corrected chi connectivity index (χ2v) is 10.1. The van der Waals surface area contributed by atoms with Gasteiger partial charge < -0.3 is 9.47 Å². The Hall–Kier alpha value is 0.680. The highest BCUT2D eigenvalue weighted by Gasteiger charge is 2.32. The topological polar surface area (TPSA) is 18.5 Å². The number of allylic oxidation sites excluding steroid dienone is 1. The number of alkyl halides is 9. The van der Waals surface area contributed by atoms with Crippen molar-refractivity contribution in [2.24, 2.45) is 0 Å². The molecule has 0 heterocycles. The molecule has 114 valence electrons. The number of halogens is 9.